The molecule has 1 saturated heterocycles. The zero-order chi connectivity index (χ0) is 20.8. The van der Waals surface area contributed by atoms with E-state index >= 15 is 0 Å². The lowest BCUT2D eigenvalue weighted by molar-refractivity contribution is -0.908. The fraction of sp³-hybridized carbons (Fsp3) is 0.391. The predicted octanol–water partition coefficient (Wildman–Crippen LogP) is 1.36. The summed E-state index contributed by atoms with van der Waals surface area (Å²) in [6.45, 7) is 5.95. The molecule has 6 nitrogen and oxygen atoms in total. The van der Waals surface area contributed by atoms with Gasteiger partial charge in [-0.2, -0.15) is 0 Å². The van der Waals surface area contributed by atoms with Crippen molar-refractivity contribution >= 4 is 29.3 Å². The summed E-state index contributed by atoms with van der Waals surface area (Å²) >= 11 is 1.53. The Morgan fingerprint density at radius 1 is 1.13 bits per heavy atom. The minimum absolute atomic E-state index is 0.0717. The van der Waals surface area contributed by atoms with E-state index in [1.54, 1.807) is 4.90 Å². The molecule has 2 N–H and O–H groups in total. The van der Waals surface area contributed by atoms with Crippen molar-refractivity contribution < 1.29 is 19.2 Å². The summed E-state index contributed by atoms with van der Waals surface area (Å²) in [5, 5.41) is 3.03. The molecule has 2 aromatic carbocycles. The molecule has 2 heterocycles. The standard InChI is InChI=1S/C23H27N3O3S/c27-22-17-30-21-8-7-19(15-20(21)26(22)16-18-5-2-1-3-6-18)23(28)24-9-4-10-25-11-13-29-14-12-25/h1-3,5-8,15H,4,9-14,16-17H2,(H,24,28)/p+1. The summed E-state index contributed by atoms with van der Waals surface area (Å²) in [5.74, 6) is 0.412. The fourth-order valence-corrected chi connectivity index (χ4v) is 4.75. The van der Waals surface area contributed by atoms with E-state index < -0.39 is 0 Å². The number of amides is 2. The molecular weight excluding hydrogens is 398 g/mol. The highest BCUT2D eigenvalue weighted by molar-refractivity contribution is 8.00. The van der Waals surface area contributed by atoms with Gasteiger partial charge in [0.25, 0.3) is 5.91 Å². The first kappa shape index (κ1) is 20.9. The highest BCUT2D eigenvalue weighted by Crippen LogP contribution is 2.36. The number of nitrogens with zero attached hydrogens (tertiary/aromatic N) is 1. The van der Waals surface area contributed by atoms with Crippen molar-refractivity contribution in [3.63, 3.8) is 0 Å². The summed E-state index contributed by atoms with van der Waals surface area (Å²) in [6.07, 6.45) is 0.945. The molecule has 2 amide bonds. The van der Waals surface area contributed by atoms with Gasteiger partial charge in [-0.05, 0) is 23.8 Å². The van der Waals surface area contributed by atoms with Crippen molar-refractivity contribution in [1.82, 2.24) is 5.32 Å². The van der Waals surface area contributed by atoms with Gasteiger partial charge in [-0.25, -0.2) is 0 Å². The van der Waals surface area contributed by atoms with Gasteiger partial charge in [0, 0.05) is 23.4 Å². The highest BCUT2D eigenvalue weighted by Gasteiger charge is 2.26. The molecule has 0 unspecified atom stereocenters. The number of nitrogens with one attached hydrogen (secondary N) is 2. The quantitative estimate of drug-likeness (QED) is 0.657. The maximum absolute atomic E-state index is 12.7. The van der Waals surface area contributed by atoms with E-state index in [0.717, 1.165) is 55.4 Å². The topological polar surface area (TPSA) is 63.1 Å². The Kier molecular flexibility index (Phi) is 7.04. The van der Waals surface area contributed by atoms with Crippen LogP contribution in [0.3, 0.4) is 0 Å². The summed E-state index contributed by atoms with van der Waals surface area (Å²) in [7, 11) is 0. The van der Waals surface area contributed by atoms with Gasteiger partial charge in [0.05, 0.1) is 37.7 Å². The smallest absolute Gasteiger partial charge is 0.251 e. The number of hydrogen-bond acceptors (Lipinski definition) is 4. The van der Waals surface area contributed by atoms with Gasteiger partial charge in [-0.3, -0.25) is 9.59 Å². The van der Waals surface area contributed by atoms with E-state index in [9.17, 15) is 9.59 Å². The number of ether oxygens (including phenoxy) is 1. The van der Waals surface area contributed by atoms with Crippen molar-refractivity contribution in [1.29, 1.82) is 0 Å². The lowest BCUT2D eigenvalue weighted by atomic mass is 10.1. The van der Waals surface area contributed by atoms with Gasteiger partial charge in [0.2, 0.25) is 5.91 Å². The summed E-state index contributed by atoms with van der Waals surface area (Å²) in [6, 6.07) is 15.6. The van der Waals surface area contributed by atoms with Crippen molar-refractivity contribution in [2.24, 2.45) is 0 Å². The number of quaternary nitrogens is 1. The Morgan fingerprint density at radius 2 is 1.93 bits per heavy atom. The molecule has 0 saturated carbocycles. The molecule has 158 valence electrons. The lowest BCUT2D eigenvalue weighted by Crippen LogP contribution is -3.14. The number of carbonyl (C=O) groups excluding carboxylic acids is 2. The van der Waals surface area contributed by atoms with Crippen LogP contribution in [0.1, 0.15) is 22.3 Å². The SMILES string of the molecule is O=C(NCCC[NH+]1CCOCC1)c1ccc2c(c1)N(Cc1ccccc1)C(=O)CS2. The van der Waals surface area contributed by atoms with Gasteiger partial charge >= 0.3 is 0 Å². The van der Waals surface area contributed by atoms with Gasteiger partial charge in [-0.15, -0.1) is 11.8 Å². The first-order valence-electron chi connectivity index (χ1n) is 10.5. The van der Waals surface area contributed by atoms with Crippen LogP contribution in [-0.2, 0) is 16.1 Å². The number of benzene rings is 2. The predicted molar refractivity (Wildman–Crippen MR) is 118 cm³/mol. The van der Waals surface area contributed by atoms with Crippen LogP contribution in [0.5, 0.6) is 0 Å². The molecule has 0 spiro atoms. The average Bonchev–Trinajstić information content (AvgIpc) is 2.79. The third-order valence-electron chi connectivity index (χ3n) is 5.54. The molecule has 0 aromatic heterocycles. The second-order valence-electron chi connectivity index (χ2n) is 7.66. The van der Waals surface area contributed by atoms with Crippen molar-refractivity contribution in [2.45, 2.75) is 17.9 Å². The Balaban J connectivity index is 1.39. The van der Waals surface area contributed by atoms with E-state index in [1.807, 2.05) is 48.5 Å². The van der Waals surface area contributed by atoms with Crippen LogP contribution in [0.4, 0.5) is 5.69 Å². The Bertz CT molecular complexity index is 885. The number of carbonyl (C=O) groups is 2. The maximum atomic E-state index is 12.7. The normalized spacial score (nSPS) is 16.9. The number of fused-ring (bicyclic) bond motifs is 1. The lowest BCUT2D eigenvalue weighted by Gasteiger charge is -2.29. The molecular formula is C23H28N3O3S+. The number of anilines is 1. The third-order valence-corrected chi connectivity index (χ3v) is 6.59. The van der Waals surface area contributed by atoms with Crippen molar-refractivity contribution in [3.05, 3.63) is 59.7 Å². The van der Waals surface area contributed by atoms with Gasteiger partial charge in [-0.1, -0.05) is 30.3 Å². The van der Waals surface area contributed by atoms with Crippen LogP contribution in [-0.4, -0.2) is 57.0 Å². The van der Waals surface area contributed by atoms with Gasteiger partial charge in [0.15, 0.2) is 0 Å². The number of thioether (sulfide) groups is 1. The number of morpholine rings is 1. The number of hydrogen-bond donors (Lipinski definition) is 2. The van der Waals surface area contributed by atoms with E-state index in [0.29, 0.717) is 24.4 Å². The molecule has 1 fully saturated rings. The molecule has 7 heteroatoms. The van der Waals surface area contributed by atoms with Crippen molar-refractivity contribution in [3.8, 4) is 0 Å². The molecule has 0 atom stereocenters. The summed E-state index contributed by atoms with van der Waals surface area (Å²) in [5.41, 5.74) is 2.50. The summed E-state index contributed by atoms with van der Waals surface area (Å²) < 4.78 is 5.38. The molecule has 2 aliphatic heterocycles. The number of rotatable bonds is 7. The second-order valence-corrected chi connectivity index (χ2v) is 8.68. The first-order valence-corrected chi connectivity index (χ1v) is 11.5. The van der Waals surface area contributed by atoms with E-state index in [4.69, 9.17) is 4.74 Å². The molecule has 0 radical (unpaired) electrons. The third kappa shape index (κ3) is 5.22. The maximum Gasteiger partial charge on any atom is 0.251 e. The van der Waals surface area contributed by atoms with Crippen LogP contribution in [0.25, 0.3) is 0 Å². The molecule has 0 aliphatic carbocycles. The van der Waals surface area contributed by atoms with Gasteiger partial charge in [0.1, 0.15) is 13.1 Å². The fourth-order valence-electron chi connectivity index (χ4n) is 3.84. The molecule has 0 bridgehead atoms. The zero-order valence-electron chi connectivity index (χ0n) is 17.1. The second kappa shape index (κ2) is 10.1. The Hall–Kier alpha value is -2.35. The largest absolute Gasteiger partial charge is 0.370 e. The van der Waals surface area contributed by atoms with E-state index in [-0.39, 0.29) is 11.8 Å². The monoisotopic (exact) mass is 426 g/mol. The summed E-state index contributed by atoms with van der Waals surface area (Å²) in [4.78, 5) is 29.6. The minimum atomic E-state index is -0.0857. The minimum Gasteiger partial charge on any atom is -0.370 e. The molecule has 30 heavy (non-hydrogen) atoms. The molecule has 2 aromatic rings. The average molecular weight is 427 g/mol. The van der Waals surface area contributed by atoms with Gasteiger partial charge < -0.3 is 19.9 Å². The van der Waals surface area contributed by atoms with Crippen LogP contribution in [0.15, 0.2) is 53.4 Å². The zero-order valence-corrected chi connectivity index (χ0v) is 17.9. The Morgan fingerprint density at radius 3 is 2.73 bits per heavy atom. The Labute approximate surface area is 181 Å². The van der Waals surface area contributed by atoms with E-state index in [2.05, 4.69) is 5.32 Å². The van der Waals surface area contributed by atoms with Crippen LogP contribution >= 0.6 is 11.8 Å². The van der Waals surface area contributed by atoms with Crippen molar-refractivity contribution in [2.75, 3.05) is 50.0 Å². The van der Waals surface area contributed by atoms with Crippen LogP contribution < -0.4 is 15.1 Å². The first-order chi connectivity index (χ1) is 14.7. The van der Waals surface area contributed by atoms with Crippen LogP contribution in [0.2, 0.25) is 0 Å². The molecule has 4 rings (SSSR count). The van der Waals surface area contributed by atoms with Crippen LogP contribution in [0, 0.1) is 0 Å². The highest BCUT2D eigenvalue weighted by atomic mass is 32.2. The van der Waals surface area contributed by atoms with E-state index in [1.165, 1.54) is 16.7 Å². The molecule has 2 aliphatic rings.